The zero-order valence-electron chi connectivity index (χ0n) is 10.1. The molecule has 0 aromatic heterocycles. The van der Waals surface area contributed by atoms with Gasteiger partial charge >= 0.3 is 0 Å². The summed E-state index contributed by atoms with van der Waals surface area (Å²) in [5, 5.41) is 3.08. The molecule has 0 aliphatic rings. The Morgan fingerprint density at radius 1 is 1.21 bits per heavy atom. The van der Waals surface area contributed by atoms with Gasteiger partial charge in [0.1, 0.15) is 11.6 Å². The zero-order chi connectivity index (χ0) is 14.0. The highest BCUT2D eigenvalue weighted by molar-refractivity contribution is 9.10. The van der Waals surface area contributed by atoms with Crippen molar-refractivity contribution >= 4 is 27.5 Å². The SMILES string of the molecule is CNC(c1ccc(F)c(Br)c1)c1cccc(Cl)c1F. The van der Waals surface area contributed by atoms with E-state index >= 15 is 0 Å². The lowest BCUT2D eigenvalue weighted by Gasteiger charge is -2.18. The third kappa shape index (κ3) is 2.96. The second kappa shape index (κ2) is 5.99. The Balaban J connectivity index is 2.50. The summed E-state index contributed by atoms with van der Waals surface area (Å²) in [6.07, 6.45) is 0. The minimum absolute atomic E-state index is 0.0685. The quantitative estimate of drug-likeness (QED) is 0.850. The molecule has 1 N–H and O–H groups in total. The lowest BCUT2D eigenvalue weighted by atomic mass is 9.98. The fraction of sp³-hybridized carbons (Fsp3) is 0.143. The number of rotatable bonds is 3. The van der Waals surface area contributed by atoms with E-state index in [0.717, 1.165) is 5.56 Å². The summed E-state index contributed by atoms with van der Waals surface area (Å²) in [6, 6.07) is 9.01. The van der Waals surface area contributed by atoms with E-state index in [1.165, 1.54) is 12.1 Å². The number of nitrogens with one attached hydrogen (secondary N) is 1. The molecule has 5 heteroatoms. The second-order valence-corrected chi connectivity index (χ2v) is 5.30. The molecular weight excluding hydrogens is 336 g/mol. The summed E-state index contributed by atoms with van der Waals surface area (Å²) in [4.78, 5) is 0. The van der Waals surface area contributed by atoms with Crippen LogP contribution in [0.25, 0.3) is 0 Å². The van der Waals surface area contributed by atoms with Crippen molar-refractivity contribution in [3.05, 3.63) is 68.7 Å². The molecule has 2 rings (SSSR count). The maximum atomic E-state index is 14.0. The summed E-state index contributed by atoms with van der Waals surface area (Å²) in [7, 11) is 1.71. The van der Waals surface area contributed by atoms with E-state index in [-0.39, 0.29) is 10.8 Å². The minimum Gasteiger partial charge on any atom is -0.309 e. The molecule has 0 spiro atoms. The van der Waals surface area contributed by atoms with Crippen LogP contribution in [0, 0.1) is 11.6 Å². The van der Waals surface area contributed by atoms with Gasteiger partial charge in [-0.25, -0.2) is 8.78 Å². The van der Waals surface area contributed by atoms with Crippen molar-refractivity contribution in [1.29, 1.82) is 0 Å². The molecule has 0 saturated heterocycles. The molecule has 0 fully saturated rings. The van der Waals surface area contributed by atoms with Gasteiger partial charge in [-0.1, -0.05) is 29.8 Å². The van der Waals surface area contributed by atoms with Gasteiger partial charge < -0.3 is 5.32 Å². The van der Waals surface area contributed by atoms with Crippen molar-refractivity contribution in [3.8, 4) is 0 Å². The van der Waals surface area contributed by atoms with Gasteiger partial charge in [0, 0.05) is 5.56 Å². The Kier molecular flexibility index (Phi) is 4.55. The summed E-state index contributed by atoms with van der Waals surface area (Å²) in [6.45, 7) is 0. The van der Waals surface area contributed by atoms with Crippen LogP contribution in [0.1, 0.15) is 17.2 Å². The van der Waals surface area contributed by atoms with Gasteiger partial charge in [-0.3, -0.25) is 0 Å². The fourth-order valence-corrected chi connectivity index (χ4v) is 2.52. The standard InChI is InChI=1S/C14H11BrClF2N/c1-19-14(8-5-6-12(17)10(15)7-8)9-3-2-4-11(16)13(9)18/h2-7,14,19H,1H3. The Hall–Kier alpha value is -0.970. The second-order valence-electron chi connectivity index (χ2n) is 4.04. The van der Waals surface area contributed by atoms with Crippen molar-refractivity contribution in [2.75, 3.05) is 7.05 Å². The van der Waals surface area contributed by atoms with Crippen LogP contribution >= 0.6 is 27.5 Å². The maximum Gasteiger partial charge on any atom is 0.146 e. The van der Waals surface area contributed by atoms with Crippen LogP contribution in [0.3, 0.4) is 0 Å². The zero-order valence-corrected chi connectivity index (χ0v) is 12.4. The van der Waals surface area contributed by atoms with Gasteiger partial charge in [0.25, 0.3) is 0 Å². The van der Waals surface area contributed by atoms with Crippen molar-refractivity contribution < 1.29 is 8.78 Å². The van der Waals surface area contributed by atoms with Crippen molar-refractivity contribution in [2.45, 2.75) is 6.04 Å². The number of hydrogen-bond acceptors (Lipinski definition) is 1. The largest absolute Gasteiger partial charge is 0.309 e. The van der Waals surface area contributed by atoms with Crippen LogP contribution < -0.4 is 5.32 Å². The van der Waals surface area contributed by atoms with E-state index in [2.05, 4.69) is 21.2 Å². The highest BCUT2D eigenvalue weighted by Gasteiger charge is 2.18. The van der Waals surface area contributed by atoms with E-state index in [4.69, 9.17) is 11.6 Å². The van der Waals surface area contributed by atoms with E-state index in [9.17, 15) is 8.78 Å². The third-order valence-corrected chi connectivity index (χ3v) is 3.76. The Bertz CT molecular complexity index is 604. The first kappa shape index (κ1) is 14.4. The molecule has 0 aliphatic heterocycles. The van der Waals surface area contributed by atoms with Crippen LogP contribution in [0.15, 0.2) is 40.9 Å². The highest BCUT2D eigenvalue weighted by Crippen LogP contribution is 2.29. The Labute approximate surface area is 123 Å². The maximum absolute atomic E-state index is 14.0. The molecule has 0 heterocycles. The van der Waals surface area contributed by atoms with Crippen LogP contribution in [0.5, 0.6) is 0 Å². The van der Waals surface area contributed by atoms with Crippen molar-refractivity contribution in [1.82, 2.24) is 5.32 Å². The van der Waals surface area contributed by atoms with Gasteiger partial charge in [0.15, 0.2) is 0 Å². The van der Waals surface area contributed by atoms with Gasteiger partial charge in [0.05, 0.1) is 15.5 Å². The lowest BCUT2D eigenvalue weighted by molar-refractivity contribution is 0.574. The fourth-order valence-electron chi connectivity index (χ4n) is 1.94. The molecule has 100 valence electrons. The average Bonchev–Trinajstić information content (AvgIpc) is 2.39. The molecule has 1 nitrogen and oxygen atoms in total. The number of hydrogen-bond donors (Lipinski definition) is 1. The summed E-state index contributed by atoms with van der Waals surface area (Å²) in [5.41, 5.74) is 1.17. The normalized spacial score (nSPS) is 12.5. The molecule has 2 aromatic carbocycles. The van der Waals surface area contributed by atoms with E-state index < -0.39 is 11.9 Å². The molecule has 0 amide bonds. The summed E-state index contributed by atoms with van der Waals surface area (Å²) in [5.74, 6) is -0.825. The van der Waals surface area contributed by atoms with Crippen LogP contribution in [-0.2, 0) is 0 Å². The molecule has 0 saturated carbocycles. The van der Waals surface area contributed by atoms with Gasteiger partial charge in [-0.2, -0.15) is 0 Å². The average molecular weight is 347 g/mol. The predicted molar refractivity (Wildman–Crippen MR) is 76.4 cm³/mol. The number of halogens is 4. The first-order valence-electron chi connectivity index (χ1n) is 5.60. The predicted octanol–water partition coefficient (Wildman–Crippen LogP) is 4.69. The topological polar surface area (TPSA) is 12.0 Å². The van der Waals surface area contributed by atoms with Gasteiger partial charge in [-0.15, -0.1) is 0 Å². The molecule has 1 unspecified atom stereocenters. The van der Waals surface area contributed by atoms with Crippen molar-refractivity contribution in [2.24, 2.45) is 0 Å². The van der Waals surface area contributed by atoms with E-state index in [1.54, 1.807) is 31.3 Å². The molecule has 0 bridgehead atoms. The highest BCUT2D eigenvalue weighted by atomic mass is 79.9. The van der Waals surface area contributed by atoms with Crippen LogP contribution in [0.2, 0.25) is 5.02 Å². The first-order valence-corrected chi connectivity index (χ1v) is 6.77. The first-order chi connectivity index (χ1) is 9.04. The smallest absolute Gasteiger partial charge is 0.146 e. The van der Waals surface area contributed by atoms with Crippen molar-refractivity contribution in [3.63, 3.8) is 0 Å². The molecule has 19 heavy (non-hydrogen) atoms. The van der Waals surface area contributed by atoms with E-state index in [1.807, 2.05) is 0 Å². The van der Waals surface area contributed by atoms with Crippen LogP contribution in [-0.4, -0.2) is 7.05 Å². The van der Waals surface area contributed by atoms with Gasteiger partial charge in [0.2, 0.25) is 0 Å². The molecule has 0 radical (unpaired) electrons. The van der Waals surface area contributed by atoms with E-state index in [0.29, 0.717) is 10.0 Å². The Morgan fingerprint density at radius 2 is 1.95 bits per heavy atom. The molecule has 1 atom stereocenters. The van der Waals surface area contributed by atoms with Crippen LogP contribution in [0.4, 0.5) is 8.78 Å². The summed E-state index contributed by atoms with van der Waals surface area (Å²) < 4.78 is 27.6. The monoisotopic (exact) mass is 345 g/mol. The minimum atomic E-state index is -0.469. The van der Waals surface area contributed by atoms with Gasteiger partial charge in [-0.05, 0) is 46.7 Å². The molecule has 0 aliphatic carbocycles. The lowest BCUT2D eigenvalue weighted by Crippen LogP contribution is -2.19. The molecular formula is C14H11BrClF2N. The third-order valence-electron chi connectivity index (χ3n) is 2.86. The molecule has 2 aromatic rings. The number of benzene rings is 2. The Morgan fingerprint density at radius 3 is 2.58 bits per heavy atom. The summed E-state index contributed by atoms with van der Waals surface area (Å²) >= 11 is 8.91.